The molecule has 0 aromatic rings. The molecule has 0 aromatic carbocycles. The van der Waals surface area contributed by atoms with Gasteiger partial charge in [0.05, 0.1) is 6.61 Å². The fraction of sp³-hybridized carbons (Fsp3) is 0.946. The van der Waals surface area contributed by atoms with Gasteiger partial charge in [0.2, 0.25) is 5.91 Å². The van der Waals surface area contributed by atoms with Crippen molar-refractivity contribution in [3.63, 3.8) is 0 Å². The molecular formula is C37H73NO3. The number of carbonyl (C=O) groups is 2. The van der Waals surface area contributed by atoms with Crippen LogP contribution in [0, 0.1) is 0 Å². The van der Waals surface area contributed by atoms with Crippen LogP contribution in [0.15, 0.2) is 0 Å². The SMILES string of the molecule is CCCCCCCCCCCCCCCCCC(=O)N[C@@H](C)C(=O)OCCCCCCCCCCCCCCCC. The molecule has 0 bridgehead atoms. The predicted molar refractivity (Wildman–Crippen MR) is 178 cm³/mol. The first kappa shape index (κ1) is 39.9. The van der Waals surface area contributed by atoms with E-state index in [1.807, 2.05) is 0 Å². The third kappa shape index (κ3) is 31.7. The van der Waals surface area contributed by atoms with E-state index in [9.17, 15) is 9.59 Å². The second-order valence-electron chi connectivity index (χ2n) is 12.8. The van der Waals surface area contributed by atoms with Gasteiger partial charge in [-0.1, -0.05) is 187 Å². The molecule has 0 rings (SSSR count). The fourth-order valence-corrected chi connectivity index (χ4v) is 5.62. The second-order valence-corrected chi connectivity index (χ2v) is 12.8. The minimum atomic E-state index is -0.550. The molecule has 1 atom stereocenters. The van der Waals surface area contributed by atoms with Crippen LogP contribution < -0.4 is 5.32 Å². The maximum Gasteiger partial charge on any atom is 0.328 e. The standard InChI is InChI=1S/C37H73NO3/c1-4-6-8-10-12-14-16-18-20-21-23-25-27-29-31-33-36(39)38-35(3)37(40)41-34-32-30-28-26-24-22-19-17-15-13-11-9-7-5-2/h35H,4-34H2,1-3H3,(H,38,39)/t35-/m0/s1. The van der Waals surface area contributed by atoms with Crippen LogP contribution >= 0.6 is 0 Å². The van der Waals surface area contributed by atoms with Crippen molar-refractivity contribution in [2.45, 2.75) is 219 Å². The van der Waals surface area contributed by atoms with E-state index in [1.54, 1.807) is 6.92 Å². The van der Waals surface area contributed by atoms with Gasteiger partial charge >= 0.3 is 5.97 Å². The maximum absolute atomic E-state index is 12.2. The maximum atomic E-state index is 12.2. The van der Waals surface area contributed by atoms with Gasteiger partial charge in [-0.25, -0.2) is 4.79 Å². The highest BCUT2D eigenvalue weighted by molar-refractivity contribution is 5.84. The Morgan fingerprint density at radius 1 is 0.463 bits per heavy atom. The molecule has 41 heavy (non-hydrogen) atoms. The molecular weight excluding hydrogens is 506 g/mol. The summed E-state index contributed by atoms with van der Waals surface area (Å²) in [5, 5.41) is 2.82. The smallest absolute Gasteiger partial charge is 0.328 e. The Bertz CT molecular complexity index is 550. The molecule has 0 saturated heterocycles. The number of nitrogens with one attached hydrogen (secondary N) is 1. The van der Waals surface area contributed by atoms with Gasteiger partial charge in [-0.05, 0) is 19.8 Å². The van der Waals surface area contributed by atoms with Gasteiger partial charge < -0.3 is 10.1 Å². The van der Waals surface area contributed by atoms with Gasteiger partial charge in [0.25, 0.3) is 0 Å². The predicted octanol–water partition coefficient (Wildman–Crippen LogP) is 11.8. The summed E-state index contributed by atoms with van der Waals surface area (Å²) in [6.07, 6.45) is 38.7. The summed E-state index contributed by atoms with van der Waals surface area (Å²) in [5.74, 6) is -0.329. The Balaban J connectivity index is 3.40. The normalized spacial score (nSPS) is 12.0. The van der Waals surface area contributed by atoms with Crippen LogP contribution in [0.2, 0.25) is 0 Å². The van der Waals surface area contributed by atoms with Crippen molar-refractivity contribution < 1.29 is 14.3 Å². The molecule has 0 heterocycles. The van der Waals surface area contributed by atoms with Gasteiger partial charge in [0, 0.05) is 6.42 Å². The lowest BCUT2D eigenvalue weighted by Crippen LogP contribution is -2.39. The van der Waals surface area contributed by atoms with Crippen molar-refractivity contribution in [3.8, 4) is 0 Å². The van der Waals surface area contributed by atoms with E-state index in [2.05, 4.69) is 19.2 Å². The lowest BCUT2D eigenvalue weighted by atomic mass is 10.0. The number of rotatable bonds is 33. The Labute approximate surface area is 257 Å². The Morgan fingerprint density at radius 2 is 0.756 bits per heavy atom. The molecule has 0 saturated carbocycles. The van der Waals surface area contributed by atoms with Gasteiger partial charge in [0.15, 0.2) is 0 Å². The molecule has 4 heteroatoms. The highest BCUT2D eigenvalue weighted by atomic mass is 16.5. The average molecular weight is 580 g/mol. The Morgan fingerprint density at radius 3 is 1.10 bits per heavy atom. The molecule has 1 amide bonds. The first-order chi connectivity index (χ1) is 20.1. The summed E-state index contributed by atoms with van der Waals surface area (Å²) in [5.41, 5.74) is 0. The Kier molecular flexibility index (Phi) is 32.6. The highest BCUT2D eigenvalue weighted by Crippen LogP contribution is 2.15. The molecule has 0 radical (unpaired) electrons. The Hall–Kier alpha value is -1.06. The van der Waals surface area contributed by atoms with Crippen LogP contribution in [0.25, 0.3) is 0 Å². The number of ether oxygens (including phenoxy) is 1. The number of esters is 1. The topological polar surface area (TPSA) is 55.4 Å². The number of hydrogen-bond acceptors (Lipinski definition) is 3. The number of carbonyl (C=O) groups excluding carboxylic acids is 2. The fourth-order valence-electron chi connectivity index (χ4n) is 5.62. The van der Waals surface area contributed by atoms with Crippen LogP contribution in [-0.2, 0) is 14.3 Å². The van der Waals surface area contributed by atoms with Crippen molar-refractivity contribution in [2.75, 3.05) is 6.61 Å². The summed E-state index contributed by atoms with van der Waals surface area (Å²) in [6.45, 7) is 6.76. The van der Waals surface area contributed by atoms with E-state index in [0.717, 1.165) is 25.7 Å². The molecule has 0 fully saturated rings. The summed E-state index contributed by atoms with van der Waals surface area (Å²) in [6, 6.07) is -0.550. The molecule has 0 aliphatic rings. The summed E-state index contributed by atoms with van der Waals surface area (Å²) < 4.78 is 5.39. The lowest BCUT2D eigenvalue weighted by molar-refractivity contribution is -0.147. The summed E-state index contributed by atoms with van der Waals surface area (Å²) in [4.78, 5) is 24.4. The zero-order valence-electron chi connectivity index (χ0n) is 28.2. The van der Waals surface area contributed by atoms with E-state index in [1.165, 1.54) is 161 Å². The minimum absolute atomic E-state index is 0.0272. The van der Waals surface area contributed by atoms with Crippen molar-refractivity contribution in [3.05, 3.63) is 0 Å². The largest absolute Gasteiger partial charge is 0.464 e. The molecule has 0 aliphatic carbocycles. The van der Waals surface area contributed by atoms with E-state index in [0.29, 0.717) is 13.0 Å². The molecule has 244 valence electrons. The minimum Gasteiger partial charge on any atom is -0.464 e. The molecule has 0 aromatic heterocycles. The summed E-state index contributed by atoms with van der Waals surface area (Å²) in [7, 11) is 0. The zero-order chi connectivity index (χ0) is 30.1. The van der Waals surface area contributed by atoms with Crippen LogP contribution in [0.5, 0.6) is 0 Å². The van der Waals surface area contributed by atoms with E-state index < -0.39 is 6.04 Å². The van der Waals surface area contributed by atoms with E-state index in [4.69, 9.17) is 4.74 Å². The van der Waals surface area contributed by atoms with Crippen LogP contribution in [0.3, 0.4) is 0 Å². The quantitative estimate of drug-likeness (QED) is 0.0621. The third-order valence-electron chi connectivity index (χ3n) is 8.48. The van der Waals surface area contributed by atoms with Gasteiger partial charge in [-0.3, -0.25) is 4.79 Å². The highest BCUT2D eigenvalue weighted by Gasteiger charge is 2.16. The van der Waals surface area contributed by atoms with Crippen LogP contribution in [-0.4, -0.2) is 24.5 Å². The van der Waals surface area contributed by atoms with Gasteiger partial charge in [0.1, 0.15) is 6.04 Å². The van der Waals surface area contributed by atoms with Crippen molar-refractivity contribution >= 4 is 11.9 Å². The first-order valence-corrected chi connectivity index (χ1v) is 18.6. The van der Waals surface area contributed by atoms with Crippen molar-refractivity contribution in [1.82, 2.24) is 5.32 Å². The van der Waals surface area contributed by atoms with Gasteiger partial charge in [-0.15, -0.1) is 0 Å². The van der Waals surface area contributed by atoms with E-state index >= 15 is 0 Å². The van der Waals surface area contributed by atoms with E-state index in [-0.39, 0.29) is 11.9 Å². The third-order valence-corrected chi connectivity index (χ3v) is 8.48. The lowest BCUT2D eigenvalue weighted by Gasteiger charge is -2.13. The monoisotopic (exact) mass is 580 g/mol. The average Bonchev–Trinajstić information content (AvgIpc) is 2.96. The molecule has 0 aliphatic heterocycles. The number of unbranched alkanes of at least 4 members (excludes halogenated alkanes) is 27. The second kappa shape index (κ2) is 33.4. The molecule has 1 N–H and O–H groups in total. The van der Waals surface area contributed by atoms with Crippen molar-refractivity contribution in [2.24, 2.45) is 0 Å². The number of amides is 1. The first-order valence-electron chi connectivity index (χ1n) is 18.6. The molecule has 0 unspecified atom stereocenters. The number of hydrogen-bond donors (Lipinski definition) is 1. The van der Waals surface area contributed by atoms with Crippen molar-refractivity contribution in [1.29, 1.82) is 0 Å². The zero-order valence-corrected chi connectivity index (χ0v) is 28.2. The molecule has 0 spiro atoms. The summed E-state index contributed by atoms with van der Waals surface area (Å²) >= 11 is 0. The molecule has 4 nitrogen and oxygen atoms in total. The van der Waals surface area contributed by atoms with Crippen LogP contribution in [0.4, 0.5) is 0 Å². The van der Waals surface area contributed by atoms with Crippen LogP contribution in [0.1, 0.15) is 213 Å². The van der Waals surface area contributed by atoms with Gasteiger partial charge in [-0.2, -0.15) is 0 Å².